The summed E-state index contributed by atoms with van der Waals surface area (Å²) in [4.78, 5) is 4.81. The van der Waals surface area contributed by atoms with Crippen molar-refractivity contribution in [3.8, 4) is 0 Å². The lowest BCUT2D eigenvalue weighted by Crippen LogP contribution is -2.20. The molecule has 0 saturated carbocycles. The van der Waals surface area contributed by atoms with Crippen LogP contribution in [0.2, 0.25) is 0 Å². The first kappa shape index (κ1) is 16.7. The van der Waals surface area contributed by atoms with Crippen molar-refractivity contribution in [1.82, 2.24) is 10.3 Å². The standard InChI is InChI=1S/C17H23BrN2S/c1-11-6-7-12(18)8-13(11)14(19-5)9-16-20-15(10-21-16)17(2,3)4/h6-8,10,14,19H,9H2,1-5H3. The molecular weight excluding hydrogens is 344 g/mol. The monoisotopic (exact) mass is 366 g/mol. The molecule has 1 heterocycles. The minimum absolute atomic E-state index is 0.121. The van der Waals surface area contributed by atoms with Crippen LogP contribution in [0.1, 0.15) is 48.6 Å². The number of hydrogen-bond donors (Lipinski definition) is 1. The Morgan fingerprint density at radius 1 is 1.33 bits per heavy atom. The van der Waals surface area contributed by atoms with Crippen molar-refractivity contribution < 1.29 is 0 Å². The van der Waals surface area contributed by atoms with Crippen molar-refractivity contribution in [2.24, 2.45) is 0 Å². The molecule has 0 amide bonds. The maximum absolute atomic E-state index is 4.81. The second kappa shape index (κ2) is 6.59. The lowest BCUT2D eigenvalue weighted by Gasteiger charge is -2.18. The fourth-order valence-corrected chi connectivity index (χ4v) is 3.72. The Balaban J connectivity index is 2.23. The zero-order valence-corrected chi connectivity index (χ0v) is 15.7. The number of hydrogen-bond acceptors (Lipinski definition) is 3. The molecule has 2 nitrogen and oxygen atoms in total. The van der Waals surface area contributed by atoms with E-state index < -0.39 is 0 Å². The van der Waals surface area contributed by atoms with Crippen LogP contribution in [0.5, 0.6) is 0 Å². The summed E-state index contributed by atoms with van der Waals surface area (Å²) in [6, 6.07) is 6.75. The Morgan fingerprint density at radius 3 is 2.62 bits per heavy atom. The summed E-state index contributed by atoms with van der Waals surface area (Å²) < 4.78 is 1.12. The number of nitrogens with zero attached hydrogens (tertiary/aromatic N) is 1. The number of halogens is 1. The molecule has 0 spiro atoms. The number of thiazole rings is 1. The van der Waals surface area contributed by atoms with Gasteiger partial charge in [-0.15, -0.1) is 11.3 Å². The Labute approximate surface area is 140 Å². The third kappa shape index (κ3) is 4.15. The van der Waals surface area contributed by atoms with E-state index in [0.29, 0.717) is 6.04 Å². The fourth-order valence-electron chi connectivity index (χ4n) is 2.28. The van der Waals surface area contributed by atoms with E-state index in [0.717, 1.165) is 10.9 Å². The minimum Gasteiger partial charge on any atom is -0.313 e. The molecule has 2 rings (SSSR count). The van der Waals surface area contributed by atoms with Crippen molar-refractivity contribution in [3.63, 3.8) is 0 Å². The molecule has 4 heteroatoms. The van der Waals surface area contributed by atoms with E-state index in [1.54, 1.807) is 11.3 Å². The summed E-state index contributed by atoms with van der Waals surface area (Å²) in [6.07, 6.45) is 0.925. The fraction of sp³-hybridized carbons (Fsp3) is 0.471. The molecule has 114 valence electrons. The molecule has 1 unspecified atom stereocenters. The van der Waals surface area contributed by atoms with Gasteiger partial charge < -0.3 is 5.32 Å². The Kier molecular flexibility index (Phi) is 5.23. The highest BCUT2D eigenvalue weighted by Crippen LogP contribution is 2.28. The van der Waals surface area contributed by atoms with Crippen molar-refractivity contribution >= 4 is 27.3 Å². The van der Waals surface area contributed by atoms with Crippen molar-refractivity contribution in [3.05, 3.63) is 49.9 Å². The van der Waals surface area contributed by atoms with Gasteiger partial charge in [0.15, 0.2) is 0 Å². The molecule has 0 aliphatic heterocycles. The van der Waals surface area contributed by atoms with Gasteiger partial charge in [-0.25, -0.2) is 4.98 Å². The summed E-state index contributed by atoms with van der Waals surface area (Å²) in [5, 5.41) is 6.81. The van der Waals surface area contributed by atoms with Crippen LogP contribution in [-0.4, -0.2) is 12.0 Å². The normalized spacial score (nSPS) is 13.4. The third-order valence-electron chi connectivity index (χ3n) is 3.66. The summed E-state index contributed by atoms with van der Waals surface area (Å²) in [6.45, 7) is 8.79. The number of rotatable bonds is 4. The van der Waals surface area contributed by atoms with Crippen LogP contribution in [0, 0.1) is 6.92 Å². The molecule has 1 N–H and O–H groups in total. The van der Waals surface area contributed by atoms with Crippen LogP contribution in [0.15, 0.2) is 28.1 Å². The van der Waals surface area contributed by atoms with E-state index in [1.165, 1.54) is 21.8 Å². The molecule has 0 saturated heterocycles. The average Bonchev–Trinajstić information content (AvgIpc) is 2.87. The molecule has 0 aliphatic carbocycles. The average molecular weight is 367 g/mol. The maximum Gasteiger partial charge on any atom is 0.0947 e. The minimum atomic E-state index is 0.121. The first-order chi connectivity index (χ1) is 9.81. The van der Waals surface area contributed by atoms with Gasteiger partial charge in [0, 0.05) is 27.7 Å². The van der Waals surface area contributed by atoms with Crippen molar-refractivity contribution in [2.45, 2.75) is 45.6 Å². The SMILES string of the molecule is CNC(Cc1nc(C(C)(C)C)cs1)c1cc(Br)ccc1C. The molecule has 1 atom stereocenters. The summed E-state index contributed by atoms with van der Waals surface area (Å²) >= 11 is 5.33. The van der Waals surface area contributed by atoms with E-state index in [-0.39, 0.29) is 5.41 Å². The largest absolute Gasteiger partial charge is 0.313 e. The van der Waals surface area contributed by atoms with Crippen molar-refractivity contribution in [2.75, 3.05) is 7.05 Å². The van der Waals surface area contributed by atoms with Crippen LogP contribution in [0.25, 0.3) is 0 Å². The number of aromatic nitrogens is 1. The quantitative estimate of drug-likeness (QED) is 0.821. The molecular formula is C17H23BrN2S. The van der Waals surface area contributed by atoms with E-state index in [1.807, 2.05) is 7.05 Å². The number of aryl methyl sites for hydroxylation is 1. The summed E-state index contributed by atoms with van der Waals surface area (Å²) in [5.41, 5.74) is 3.95. The second-order valence-electron chi connectivity index (χ2n) is 6.42. The molecule has 1 aromatic carbocycles. The zero-order chi connectivity index (χ0) is 15.6. The molecule has 0 aliphatic rings. The van der Waals surface area contributed by atoms with Gasteiger partial charge in [0.2, 0.25) is 0 Å². The van der Waals surface area contributed by atoms with Gasteiger partial charge in [-0.05, 0) is 37.2 Å². The van der Waals surface area contributed by atoms with Crippen LogP contribution in [-0.2, 0) is 11.8 Å². The Hall–Kier alpha value is -0.710. The number of likely N-dealkylation sites (N-methyl/N-ethyl adjacent to an activating group) is 1. The first-order valence-corrected chi connectivity index (χ1v) is 8.86. The van der Waals surface area contributed by atoms with Crippen LogP contribution in [0.4, 0.5) is 0 Å². The van der Waals surface area contributed by atoms with E-state index in [4.69, 9.17) is 4.98 Å². The van der Waals surface area contributed by atoms with Gasteiger partial charge in [-0.3, -0.25) is 0 Å². The van der Waals surface area contributed by atoms with Gasteiger partial charge in [0.25, 0.3) is 0 Å². The van der Waals surface area contributed by atoms with E-state index >= 15 is 0 Å². The molecule has 2 aromatic rings. The highest BCUT2D eigenvalue weighted by atomic mass is 79.9. The van der Waals surface area contributed by atoms with Gasteiger partial charge in [-0.2, -0.15) is 0 Å². The lowest BCUT2D eigenvalue weighted by molar-refractivity contribution is 0.559. The highest BCUT2D eigenvalue weighted by molar-refractivity contribution is 9.10. The molecule has 0 fully saturated rings. The summed E-state index contributed by atoms with van der Waals surface area (Å²) in [7, 11) is 2.02. The van der Waals surface area contributed by atoms with Gasteiger partial charge in [0.05, 0.1) is 10.7 Å². The van der Waals surface area contributed by atoms with Gasteiger partial charge in [0.1, 0.15) is 0 Å². The van der Waals surface area contributed by atoms with Crippen molar-refractivity contribution in [1.29, 1.82) is 0 Å². The molecule has 21 heavy (non-hydrogen) atoms. The summed E-state index contributed by atoms with van der Waals surface area (Å²) in [5.74, 6) is 0. The second-order valence-corrected chi connectivity index (χ2v) is 8.28. The van der Waals surface area contributed by atoms with E-state index in [2.05, 4.69) is 72.5 Å². The third-order valence-corrected chi connectivity index (χ3v) is 5.03. The molecule has 0 bridgehead atoms. The van der Waals surface area contributed by atoms with Crippen LogP contribution in [0.3, 0.4) is 0 Å². The van der Waals surface area contributed by atoms with E-state index in [9.17, 15) is 0 Å². The van der Waals surface area contributed by atoms with Gasteiger partial charge >= 0.3 is 0 Å². The molecule has 1 aromatic heterocycles. The number of nitrogens with one attached hydrogen (secondary N) is 1. The molecule has 0 radical (unpaired) electrons. The smallest absolute Gasteiger partial charge is 0.0947 e. The topological polar surface area (TPSA) is 24.9 Å². The predicted octanol–water partition coefficient (Wildman–Crippen LogP) is 5.01. The maximum atomic E-state index is 4.81. The van der Waals surface area contributed by atoms with Crippen LogP contribution < -0.4 is 5.32 Å². The van der Waals surface area contributed by atoms with Gasteiger partial charge in [-0.1, -0.05) is 42.8 Å². The van der Waals surface area contributed by atoms with Crippen LogP contribution >= 0.6 is 27.3 Å². The predicted molar refractivity (Wildman–Crippen MR) is 95.2 cm³/mol. The first-order valence-electron chi connectivity index (χ1n) is 7.19. The number of benzene rings is 1. The zero-order valence-electron chi connectivity index (χ0n) is 13.3. The Bertz CT molecular complexity index is 613. The Morgan fingerprint density at radius 2 is 2.05 bits per heavy atom. The highest BCUT2D eigenvalue weighted by Gasteiger charge is 2.20. The lowest BCUT2D eigenvalue weighted by atomic mass is 9.93.